The number of Topliss-reactive ketones (excluding diaryl/α,β-unsaturated/α-hetero) is 1. The van der Waals surface area contributed by atoms with Gasteiger partial charge in [0.1, 0.15) is 6.21 Å². The fraction of sp³-hybridized carbons (Fsp3) is 0.111. The zero-order valence-corrected chi connectivity index (χ0v) is 7.32. The summed E-state index contributed by atoms with van der Waals surface area (Å²) in [6.45, 7) is 0. The third-order valence-corrected chi connectivity index (χ3v) is 1.65. The lowest BCUT2D eigenvalue weighted by molar-refractivity contribution is -0.137. The van der Waals surface area contributed by atoms with E-state index in [1.54, 1.807) is 0 Å². The molecule has 6 heteroatoms. The summed E-state index contributed by atoms with van der Waals surface area (Å²) in [5, 5.41) is 10.5. The summed E-state index contributed by atoms with van der Waals surface area (Å²) in [7, 11) is 0. The molecule has 3 nitrogen and oxygen atoms in total. The molecule has 1 N–H and O–H groups in total. The Bertz CT molecular complexity index is 399. The molecule has 0 heterocycles. The Morgan fingerprint density at radius 2 is 2.07 bits per heavy atom. The molecule has 80 valence electrons. The molecular weight excluding hydrogens is 211 g/mol. The number of benzene rings is 1. The quantitative estimate of drug-likeness (QED) is 0.357. The molecule has 0 bridgehead atoms. The number of rotatable bonds is 2. The normalized spacial score (nSPS) is 11.9. The highest BCUT2D eigenvalue weighted by molar-refractivity contribution is 6.35. The number of halogens is 3. The molecule has 0 aliphatic rings. The maximum Gasteiger partial charge on any atom is 0.416 e. The zero-order chi connectivity index (χ0) is 11.5. The minimum atomic E-state index is -4.49. The fourth-order valence-electron chi connectivity index (χ4n) is 0.976. The van der Waals surface area contributed by atoms with E-state index in [0.29, 0.717) is 12.3 Å². The zero-order valence-electron chi connectivity index (χ0n) is 7.32. The first kappa shape index (κ1) is 11.2. The number of hydrogen-bond donors (Lipinski definition) is 1. The van der Waals surface area contributed by atoms with Gasteiger partial charge in [-0.3, -0.25) is 4.79 Å². The second kappa shape index (κ2) is 4.12. The Kier molecular flexibility index (Phi) is 3.08. The van der Waals surface area contributed by atoms with Crippen molar-refractivity contribution in [2.24, 2.45) is 5.16 Å². The Morgan fingerprint density at radius 3 is 2.60 bits per heavy atom. The molecule has 0 aromatic heterocycles. The summed E-state index contributed by atoms with van der Waals surface area (Å²) in [6, 6.07) is 3.87. The lowest BCUT2D eigenvalue weighted by atomic mass is 10.1. The Labute approximate surface area is 82.8 Å². The van der Waals surface area contributed by atoms with Crippen molar-refractivity contribution in [3.8, 4) is 0 Å². The van der Waals surface area contributed by atoms with Crippen LogP contribution >= 0.6 is 0 Å². The predicted octanol–water partition coefficient (Wildman–Crippen LogP) is 2.35. The second-order valence-corrected chi connectivity index (χ2v) is 2.69. The van der Waals surface area contributed by atoms with Crippen molar-refractivity contribution in [1.82, 2.24) is 0 Å². The number of carbonyl (C=O) groups excluding carboxylic acids is 1. The van der Waals surface area contributed by atoms with Gasteiger partial charge in [-0.15, -0.1) is 0 Å². The van der Waals surface area contributed by atoms with Crippen LogP contribution in [0, 0.1) is 0 Å². The lowest BCUT2D eigenvalue weighted by Crippen LogP contribution is -2.07. The van der Waals surface area contributed by atoms with E-state index in [9.17, 15) is 18.0 Å². The van der Waals surface area contributed by atoms with Gasteiger partial charge in [-0.2, -0.15) is 13.2 Å². The Hall–Kier alpha value is -1.85. The smallest absolute Gasteiger partial charge is 0.411 e. The van der Waals surface area contributed by atoms with Gasteiger partial charge in [0.2, 0.25) is 5.78 Å². The van der Waals surface area contributed by atoms with Gasteiger partial charge in [0.05, 0.1) is 5.56 Å². The van der Waals surface area contributed by atoms with Gasteiger partial charge < -0.3 is 5.21 Å². The Balaban J connectivity index is 3.08. The van der Waals surface area contributed by atoms with E-state index in [0.717, 1.165) is 12.1 Å². The molecular formula is C9H6F3NO2. The summed E-state index contributed by atoms with van der Waals surface area (Å²) >= 11 is 0. The first-order valence-corrected chi connectivity index (χ1v) is 3.84. The van der Waals surface area contributed by atoms with Crippen LogP contribution < -0.4 is 0 Å². The van der Waals surface area contributed by atoms with E-state index in [4.69, 9.17) is 5.21 Å². The molecule has 0 aliphatic heterocycles. The highest BCUT2D eigenvalue weighted by atomic mass is 19.4. The van der Waals surface area contributed by atoms with Crippen molar-refractivity contribution < 1.29 is 23.2 Å². The summed E-state index contributed by atoms with van der Waals surface area (Å²) < 4.78 is 36.7. The van der Waals surface area contributed by atoms with E-state index in [1.807, 2.05) is 0 Å². The molecule has 0 spiro atoms. The highest BCUT2D eigenvalue weighted by Crippen LogP contribution is 2.29. The summed E-state index contributed by atoms with van der Waals surface area (Å²) in [5.41, 5.74) is -1.10. The van der Waals surface area contributed by atoms with Gasteiger partial charge in [0, 0.05) is 5.56 Å². The third kappa shape index (κ3) is 2.80. The number of hydrogen-bond acceptors (Lipinski definition) is 3. The minimum absolute atomic E-state index is 0.178. The van der Waals surface area contributed by atoms with E-state index < -0.39 is 17.5 Å². The highest BCUT2D eigenvalue weighted by Gasteiger charge is 2.30. The predicted molar refractivity (Wildman–Crippen MR) is 46.1 cm³/mol. The maximum atomic E-state index is 12.2. The molecule has 0 saturated heterocycles. The molecule has 0 fully saturated rings. The van der Waals surface area contributed by atoms with Gasteiger partial charge in [0.15, 0.2) is 0 Å². The SMILES string of the molecule is O=C(/C=N/O)c1cccc(C(F)(F)F)c1. The van der Waals surface area contributed by atoms with Crippen LogP contribution in [0.5, 0.6) is 0 Å². The van der Waals surface area contributed by atoms with Crippen LogP contribution in [0.4, 0.5) is 13.2 Å². The van der Waals surface area contributed by atoms with E-state index in [2.05, 4.69) is 5.16 Å². The third-order valence-electron chi connectivity index (χ3n) is 1.65. The van der Waals surface area contributed by atoms with Crippen LogP contribution in [-0.2, 0) is 6.18 Å². The summed E-state index contributed by atoms with van der Waals surface area (Å²) in [4.78, 5) is 11.0. The number of oxime groups is 1. The van der Waals surface area contributed by atoms with Gasteiger partial charge in [-0.05, 0) is 12.1 Å². The van der Waals surface area contributed by atoms with Crippen LogP contribution in [-0.4, -0.2) is 17.2 Å². The average Bonchev–Trinajstić information content (AvgIpc) is 2.17. The van der Waals surface area contributed by atoms with E-state index in [-0.39, 0.29) is 5.56 Å². The largest absolute Gasteiger partial charge is 0.416 e. The van der Waals surface area contributed by atoms with Crippen LogP contribution in [0.25, 0.3) is 0 Å². The van der Waals surface area contributed by atoms with Gasteiger partial charge in [0.25, 0.3) is 0 Å². The molecule has 0 unspecified atom stereocenters. The van der Waals surface area contributed by atoms with Gasteiger partial charge >= 0.3 is 6.18 Å². The molecule has 0 radical (unpaired) electrons. The minimum Gasteiger partial charge on any atom is -0.411 e. The van der Waals surface area contributed by atoms with Crippen LogP contribution in [0.3, 0.4) is 0 Å². The molecule has 0 aliphatic carbocycles. The second-order valence-electron chi connectivity index (χ2n) is 2.69. The monoisotopic (exact) mass is 217 g/mol. The van der Waals surface area contributed by atoms with Gasteiger partial charge in [-0.1, -0.05) is 17.3 Å². The van der Waals surface area contributed by atoms with Crippen molar-refractivity contribution in [1.29, 1.82) is 0 Å². The molecule has 1 rings (SSSR count). The van der Waals surface area contributed by atoms with Crippen molar-refractivity contribution in [2.75, 3.05) is 0 Å². The number of nitrogens with zero attached hydrogens (tertiary/aromatic N) is 1. The van der Waals surface area contributed by atoms with E-state index in [1.165, 1.54) is 6.07 Å². The molecule has 15 heavy (non-hydrogen) atoms. The standard InChI is InChI=1S/C9H6F3NO2/c10-9(11,12)7-3-1-2-6(4-7)8(14)5-13-15/h1-5,15H/b13-5+. The van der Waals surface area contributed by atoms with Crippen LogP contribution in [0.1, 0.15) is 15.9 Å². The topological polar surface area (TPSA) is 49.7 Å². The fourth-order valence-corrected chi connectivity index (χ4v) is 0.976. The molecule has 0 atom stereocenters. The van der Waals surface area contributed by atoms with Crippen LogP contribution in [0.2, 0.25) is 0 Å². The van der Waals surface area contributed by atoms with Crippen molar-refractivity contribution in [2.45, 2.75) is 6.18 Å². The molecule has 1 aromatic carbocycles. The van der Waals surface area contributed by atoms with Crippen LogP contribution in [0.15, 0.2) is 29.4 Å². The molecule has 0 saturated carbocycles. The Morgan fingerprint density at radius 1 is 1.40 bits per heavy atom. The first-order valence-electron chi connectivity index (χ1n) is 3.84. The van der Waals surface area contributed by atoms with Gasteiger partial charge in [-0.25, -0.2) is 0 Å². The number of alkyl halides is 3. The van der Waals surface area contributed by atoms with E-state index >= 15 is 0 Å². The average molecular weight is 217 g/mol. The number of carbonyl (C=O) groups is 1. The number of ketones is 1. The van der Waals surface area contributed by atoms with Crippen molar-refractivity contribution in [3.05, 3.63) is 35.4 Å². The first-order chi connectivity index (χ1) is 6.95. The molecule has 0 amide bonds. The maximum absolute atomic E-state index is 12.2. The summed E-state index contributed by atoms with van der Waals surface area (Å²) in [5.74, 6) is -0.788. The summed E-state index contributed by atoms with van der Waals surface area (Å²) in [6.07, 6.45) is -3.96. The lowest BCUT2D eigenvalue weighted by Gasteiger charge is -2.06. The van der Waals surface area contributed by atoms with Crippen molar-refractivity contribution in [3.63, 3.8) is 0 Å². The van der Waals surface area contributed by atoms with Crippen molar-refractivity contribution >= 4 is 12.0 Å². The molecule has 1 aromatic rings.